The SMILES string of the molecule is O=C(C#Cc1cccc(Cl)c1)N1CCN(C(=O)c2ccc(F)cc2)CC1. The van der Waals surface area contributed by atoms with Gasteiger partial charge in [0.2, 0.25) is 0 Å². The summed E-state index contributed by atoms with van der Waals surface area (Å²) in [6.45, 7) is 1.66. The third-order valence-corrected chi connectivity index (χ3v) is 4.32. The second-order valence-corrected chi connectivity index (χ2v) is 6.29. The molecule has 0 saturated carbocycles. The highest BCUT2D eigenvalue weighted by Crippen LogP contribution is 2.11. The van der Waals surface area contributed by atoms with Crippen molar-refractivity contribution in [2.24, 2.45) is 0 Å². The van der Waals surface area contributed by atoms with Crippen molar-refractivity contribution >= 4 is 23.4 Å². The largest absolute Gasteiger partial charge is 0.335 e. The van der Waals surface area contributed by atoms with Gasteiger partial charge in [-0.05, 0) is 42.5 Å². The Balaban J connectivity index is 1.57. The van der Waals surface area contributed by atoms with E-state index in [4.69, 9.17) is 11.6 Å². The van der Waals surface area contributed by atoms with Gasteiger partial charge in [-0.3, -0.25) is 9.59 Å². The van der Waals surface area contributed by atoms with Gasteiger partial charge in [-0.15, -0.1) is 0 Å². The average Bonchev–Trinajstić information content (AvgIpc) is 2.66. The second kappa shape index (κ2) is 8.03. The zero-order valence-electron chi connectivity index (χ0n) is 13.9. The molecule has 0 N–H and O–H groups in total. The highest BCUT2D eigenvalue weighted by molar-refractivity contribution is 6.30. The third-order valence-electron chi connectivity index (χ3n) is 4.08. The van der Waals surface area contributed by atoms with Crippen molar-refractivity contribution in [3.63, 3.8) is 0 Å². The predicted molar refractivity (Wildman–Crippen MR) is 97.2 cm³/mol. The molecule has 2 aromatic carbocycles. The molecule has 0 radical (unpaired) electrons. The van der Waals surface area contributed by atoms with Gasteiger partial charge in [0.15, 0.2) is 0 Å². The fraction of sp³-hybridized carbons (Fsp3) is 0.200. The van der Waals surface area contributed by atoms with Crippen LogP contribution in [0.4, 0.5) is 4.39 Å². The van der Waals surface area contributed by atoms with E-state index in [9.17, 15) is 14.0 Å². The maximum absolute atomic E-state index is 13.0. The van der Waals surface area contributed by atoms with Crippen molar-refractivity contribution in [2.75, 3.05) is 26.2 Å². The van der Waals surface area contributed by atoms with Crippen molar-refractivity contribution in [3.05, 3.63) is 70.5 Å². The van der Waals surface area contributed by atoms with Crippen molar-refractivity contribution in [2.45, 2.75) is 0 Å². The van der Waals surface area contributed by atoms with E-state index in [1.807, 2.05) is 0 Å². The molecule has 3 rings (SSSR count). The molecule has 0 aromatic heterocycles. The number of amides is 2. The smallest absolute Gasteiger partial charge is 0.298 e. The molecular weight excluding hydrogens is 355 g/mol. The van der Waals surface area contributed by atoms with Crippen LogP contribution in [0.2, 0.25) is 5.02 Å². The Morgan fingerprint density at radius 2 is 1.62 bits per heavy atom. The monoisotopic (exact) mass is 370 g/mol. The molecule has 1 heterocycles. The molecule has 0 spiro atoms. The van der Waals surface area contributed by atoms with Crippen LogP contribution in [-0.4, -0.2) is 47.8 Å². The summed E-state index contributed by atoms with van der Waals surface area (Å²) in [5.74, 6) is 4.59. The van der Waals surface area contributed by atoms with Crippen LogP contribution >= 0.6 is 11.6 Å². The number of hydrogen-bond acceptors (Lipinski definition) is 2. The molecule has 2 amide bonds. The summed E-state index contributed by atoms with van der Waals surface area (Å²) >= 11 is 5.89. The van der Waals surface area contributed by atoms with E-state index in [-0.39, 0.29) is 17.6 Å². The first-order valence-electron chi connectivity index (χ1n) is 8.14. The normalized spacial score (nSPS) is 13.8. The first-order chi connectivity index (χ1) is 12.5. The van der Waals surface area contributed by atoms with E-state index in [2.05, 4.69) is 11.8 Å². The Labute approximate surface area is 156 Å². The Morgan fingerprint density at radius 1 is 0.962 bits per heavy atom. The topological polar surface area (TPSA) is 40.6 Å². The lowest BCUT2D eigenvalue weighted by Crippen LogP contribution is -2.50. The predicted octanol–water partition coefficient (Wildman–Crippen LogP) is 2.82. The second-order valence-electron chi connectivity index (χ2n) is 5.85. The zero-order valence-corrected chi connectivity index (χ0v) is 14.7. The van der Waals surface area contributed by atoms with Gasteiger partial charge in [-0.25, -0.2) is 4.39 Å². The van der Waals surface area contributed by atoms with Crippen molar-refractivity contribution in [1.82, 2.24) is 9.80 Å². The van der Waals surface area contributed by atoms with E-state index in [1.54, 1.807) is 34.1 Å². The highest BCUT2D eigenvalue weighted by atomic mass is 35.5. The summed E-state index contributed by atoms with van der Waals surface area (Å²) in [6.07, 6.45) is 0. The summed E-state index contributed by atoms with van der Waals surface area (Å²) in [5.41, 5.74) is 1.11. The van der Waals surface area contributed by atoms with Gasteiger partial charge in [0.1, 0.15) is 5.82 Å². The van der Waals surface area contributed by atoms with Crippen molar-refractivity contribution in [3.8, 4) is 11.8 Å². The molecule has 1 aliphatic heterocycles. The van der Waals surface area contributed by atoms with Crippen molar-refractivity contribution in [1.29, 1.82) is 0 Å². The molecule has 0 unspecified atom stereocenters. The molecule has 1 fully saturated rings. The van der Waals surface area contributed by atoms with Gasteiger partial charge in [-0.2, -0.15) is 0 Å². The van der Waals surface area contributed by atoms with Crippen LogP contribution in [-0.2, 0) is 4.79 Å². The minimum absolute atomic E-state index is 0.165. The van der Waals surface area contributed by atoms with Crippen LogP contribution in [0.5, 0.6) is 0 Å². The Bertz CT molecular complexity index is 879. The Hall–Kier alpha value is -2.84. The molecule has 132 valence electrons. The van der Waals surface area contributed by atoms with Crippen LogP contribution in [0.15, 0.2) is 48.5 Å². The highest BCUT2D eigenvalue weighted by Gasteiger charge is 2.24. The lowest BCUT2D eigenvalue weighted by Gasteiger charge is -2.33. The summed E-state index contributed by atoms with van der Waals surface area (Å²) in [6, 6.07) is 12.4. The van der Waals surface area contributed by atoms with E-state index in [0.717, 1.165) is 0 Å². The van der Waals surface area contributed by atoms with E-state index < -0.39 is 0 Å². The maximum Gasteiger partial charge on any atom is 0.298 e. The number of carbonyl (C=O) groups is 2. The lowest BCUT2D eigenvalue weighted by atomic mass is 10.1. The number of nitrogens with zero attached hydrogens (tertiary/aromatic N) is 2. The fourth-order valence-electron chi connectivity index (χ4n) is 2.66. The Kier molecular flexibility index (Phi) is 5.55. The molecule has 1 aliphatic rings. The summed E-state index contributed by atoms with van der Waals surface area (Å²) in [4.78, 5) is 27.9. The Morgan fingerprint density at radius 3 is 2.27 bits per heavy atom. The summed E-state index contributed by atoms with van der Waals surface area (Å²) < 4.78 is 13.0. The molecule has 26 heavy (non-hydrogen) atoms. The average molecular weight is 371 g/mol. The number of hydrogen-bond donors (Lipinski definition) is 0. The van der Waals surface area contributed by atoms with Crippen LogP contribution in [0.3, 0.4) is 0 Å². The van der Waals surface area contributed by atoms with Gasteiger partial charge in [0.25, 0.3) is 11.8 Å². The minimum Gasteiger partial charge on any atom is -0.335 e. The molecule has 0 aliphatic carbocycles. The molecule has 2 aromatic rings. The van der Waals surface area contributed by atoms with Crippen molar-refractivity contribution < 1.29 is 14.0 Å². The maximum atomic E-state index is 13.0. The fourth-order valence-corrected chi connectivity index (χ4v) is 2.85. The summed E-state index contributed by atoms with van der Waals surface area (Å²) in [5, 5.41) is 0.567. The number of piperazine rings is 1. The third kappa shape index (κ3) is 4.41. The van der Waals surface area contributed by atoms with Gasteiger partial charge in [-0.1, -0.05) is 23.6 Å². The number of rotatable bonds is 1. The first-order valence-corrected chi connectivity index (χ1v) is 8.52. The molecule has 4 nitrogen and oxygen atoms in total. The molecule has 6 heteroatoms. The van der Waals surface area contributed by atoms with Crippen LogP contribution in [0.1, 0.15) is 15.9 Å². The number of carbonyl (C=O) groups excluding carboxylic acids is 2. The van der Waals surface area contributed by atoms with Crippen LogP contribution in [0.25, 0.3) is 0 Å². The van der Waals surface area contributed by atoms with Crippen LogP contribution in [0, 0.1) is 17.7 Å². The lowest BCUT2D eigenvalue weighted by molar-refractivity contribution is -0.126. The van der Waals surface area contributed by atoms with Gasteiger partial charge in [0, 0.05) is 48.2 Å². The number of benzene rings is 2. The van der Waals surface area contributed by atoms with Gasteiger partial charge in [0.05, 0.1) is 0 Å². The van der Waals surface area contributed by atoms with Gasteiger partial charge >= 0.3 is 0 Å². The number of halogens is 2. The van der Waals surface area contributed by atoms with E-state index in [1.165, 1.54) is 24.3 Å². The molecular formula is C20H16ClFN2O2. The molecule has 0 atom stereocenters. The molecule has 1 saturated heterocycles. The van der Waals surface area contributed by atoms with Gasteiger partial charge < -0.3 is 9.80 Å². The van der Waals surface area contributed by atoms with E-state index >= 15 is 0 Å². The quantitative estimate of drug-likeness (QED) is 0.724. The summed E-state index contributed by atoms with van der Waals surface area (Å²) in [7, 11) is 0. The van der Waals surface area contributed by atoms with Crippen LogP contribution < -0.4 is 0 Å². The molecule has 0 bridgehead atoms. The first kappa shape index (κ1) is 18.0. The standard InChI is InChI=1S/C20H16ClFN2O2/c21-17-3-1-2-15(14-17)4-9-19(25)23-10-12-24(13-11-23)20(26)16-5-7-18(22)8-6-16/h1-3,5-8,14H,10-13H2. The van der Waals surface area contributed by atoms with E-state index in [0.29, 0.717) is 42.3 Å². The zero-order chi connectivity index (χ0) is 18.5. The minimum atomic E-state index is -0.379.